The molecular formula is C31H40N8O2. The summed E-state index contributed by atoms with van der Waals surface area (Å²) in [6, 6.07) is 8.64. The van der Waals surface area contributed by atoms with Crippen molar-refractivity contribution in [1.29, 1.82) is 5.26 Å². The molecule has 0 aliphatic heterocycles. The lowest BCUT2D eigenvalue weighted by molar-refractivity contribution is -0.135. The first-order valence-corrected chi connectivity index (χ1v) is 14.0. The molecule has 1 saturated carbocycles. The van der Waals surface area contributed by atoms with Crippen molar-refractivity contribution in [2.45, 2.75) is 51.6 Å². The van der Waals surface area contributed by atoms with Crippen molar-refractivity contribution in [3.63, 3.8) is 0 Å². The smallest absolute Gasteiger partial charge is 0.246 e. The fraction of sp³-hybridized carbons (Fsp3) is 0.452. The molecular weight excluding hydrogens is 516 g/mol. The number of rotatable bonds is 11. The normalized spacial score (nSPS) is 16.9. The third-order valence-electron chi connectivity index (χ3n) is 6.83. The number of nitriles is 1. The van der Waals surface area contributed by atoms with Crippen LogP contribution in [0.15, 0.2) is 42.6 Å². The Balaban J connectivity index is 1.59. The van der Waals surface area contributed by atoms with Gasteiger partial charge in [0, 0.05) is 43.9 Å². The molecule has 0 radical (unpaired) electrons. The summed E-state index contributed by atoms with van der Waals surface area (Å²) in [6.45, 7) is 5.23. The lowest BCUT2D eigenvalue weighted by Crippen LogP contribution is -2.48. The van der Waals surface area contributed by atoms with Gasteiger partial charge in [-0.25, -0.2) is 4.98 Å². The number of amides is 2. The minimum atomic E-state index is -0.572. The molecule has 2 amide bonds. The first kappa shape index (κ1) is 31.1. The molecule has 10 nitrogen and oxygen atoms in total. The maximum Gasteiger partial charge on any atom is 0.246 e. The molecule has 3 rings (SSSR count). The van der Waals surface area contributed by atoms with Crippen LogP contribution in [0.4, 0.5) is 17.5 Å². The highest BCUT2D eigenvalue weighted by Gasteiger charge is 2.28. The Bertz CT molecular complexity index is 1320. The van der Waals surface area contributed by atoms with Crippen LogP contribution in [0.2, 0.25) is 0 Å². The predicted molar refractivity (Wildman–Crippen MR) is 161 cm³/mol. The molecule has 0 spiro atoms. The van der Waals surface area contributed by atoms with Crippen molar-refractivity contribution in [2.24, 2.45) is 5.92 Å². The van der Waals surface area contributed by atoms with Crippen molar-refractivity contribution >= 4 is 29.3 Å². The summed E-state index contributed by atoms with van der Waals surface area (Å²) in [5.41, 5.74) is 2.09. The highest BCUT2D eigenvalue weighted by molar-refractivity contribution is 5.92. The van der Waals surface area contributed by atoms with E-state index in [1.165, 1.54) is 11.0 Å². The Kier molecular flexibility index (Phi) is 11.7. The fourth-order valence-electron chi connectivity index (χ4n) is 4.26. The van der Waals surface area contributed by atoms with Gasteiger partial charge in [0.1, 0.15) is 11.9 Å². The van der Waals surface area contributed by atoms with E-state index in [9.17, 15) is 9.59 Å². The fourth-order valence-corrected chi connectivity index (χ4v) is 4.26. The van der Waals surface area contributed by atoms with E-state index >= 15 is 0 Å². The second kappa shape index (κ2) is 15.4. The van der Waals surface area contributed by atoms with Crippen molar-refractivity contribution in [1.82, 2.24) is 25.1 Å². The molecule has 1 fully saturated rings. The van der Waals surface area contributed by atoms with Gasteiger partial charge >= 0.3 is 0 Å². The van der Waals surface area contributed by atoms with E-state index in [2.05, 4.69) is 50.8 Å². The van der Waals surface area contributed by atoms with Crippen LogP contribution in [0.1, 0.15) is 50.7 Å². The van der Waals surface area contributed by atoms with Gasteiger partial charge < -0.3 is 25.8 Å². The summed E-state index contributed by atoms with van der Waals surface area (Å²) in [5.74, 6) is 7.48. The lowest BCUT2D eigenvalue weighted by atomic mass is 10.1. The van der Waals surface area contributed by atoms with Crippen molar-refractivity contribution in [3.05, 3.63) is 53.7 Å². The molecule has 216 valence electrons. The van der Waals surface area contributed by atoms with Gasteiger partial charge in [0.05, 0.1) is 23.4 Å². The molecule has 1 aromatic carbocycles. The summed E-state index contributed by atoms with van der Waals surface area (Å²) in [4.78, 5) is 37.7. The first-order valence-electron chi connectivity index (χ1n) is 14.0. The molecule has 1 aliphatic carbocycles. The van der Waals surface area contributed by atoms with Gasteiger partial charge in [-0.2, -0.15) is 10.2 Å². The van der Waals surface area contributed by atoms with Gasteiger partial charge in [-0.3, -0.25) is 9.59 Å². The molecule has 10 heteroatoms. The average Bonchev–Trinajstić information content (AvgIpc) is 3.41. The molecule has 3 atom stereocenters. The van der Waals surface area contributed by atoms with Crippen LogP contribution in [0.5, 0.6) is 0 Å². The largest absolute Gasteiger partial charge is 0.369 e. The molecule has 2 aromatic rings. The van der Waals surface area contributed by atoms with E-state index in [0.29, 0.717) is 29.4 Å². The number of benzene rings is 1. The third-order valence-corrected chi connectivity index (χ3v) is 6.83. The Morgan fingerprint density at radius 1 is 1.20 bits per heavy atom. The van der Waals surface area contributed by atoms with Gasteiger partial charge in [0.25, 0.3) is 0 Å². The quantitative estimate of drug-likeness (QED) is 0.284. The summed E-state index contributed by atoms with van der Waals surface area (Å²) in [5, 5.41) is 18.6. The minimum Gasteiger partial charge on any atom is -0.369 e. The summed E-state index contributed by atoms with van der Waals surface area (Å²) >= 11 is 0. The van der Waals surface area contributed by atoms with Crippen LogP contribution in [0, 0.1) is 29.1 Å². The highest BCUT2D eigenvalue weighted by atomic mass is 16.2. The van der Waals surface area contributed by atoms with Crippen LogP contribution in [0.3, 0.4) is 0 Å². The standard InChI is InChI=1S/C31H40N8O2/c1-6-17-33-29-25(21-34-31(37-29)36-26-14-11-24(20-32)12-15-26)13-9-23-10-16-27(19-23)35-30(41)22(2)39(5)28(40)8-7-18-38(3)4/h7-8,11-12,14-15,21-23,27H,6,10,16-19H2,1-5H3,(H,35,41)(H2,33,34,36,37)/b8-7+/t22-,23-,27-/m0/s1. The molecule has 1 aromatic heterocycles. The van der Waals surface area contributed by atoms with Crippen molar-refractivity contribution in [2.75, 3.05) is 44.9 Å². The van der Waals surface area contributed by atoms with Gasteiger partial charge in [-0.1, -0.05) is 24.8 Å². The lowest BCUT2D eigenvalue weighted by Gasteiger charge is -2.24. The van der Waals surface area contributed by atoms with E-state index in [-0.39, 0.29) is 23.8 Å². The zero-order valence-electron chi connectivity index (χ0n) is 24.6. The van der Waals surface area contributed by atoms with Gasteiger partial charge in [0.2, 0.25) is 17.8 Å². The second-order valence-corrected chi connectivity index (χ2v) is 10.5. The molecule has 0 bridgehead atoms. The Labute approximate surface area is 243 Å². The first-order chi connectivity index (χ1) is 19.7. The summed E-state index contributed by atoms with van der Waals surface area (Å²) in [6.07, 6.45) is 8.41. The van der Waals surface area contributed by atoms with Crippen LogP contribution in [-0.2, 0) is 9.59 Å². The van der Waals surface area contributed by atoms with Crippen molar-refractivity contribution in [3.8, 4) is 17.9 Å². The van der Waals surface area contributed by atoms with Crippen LogP contribution < -0.4 is 16.0 Å². The Morgan fingerprint density at radius 2 is 1.95 bits per heavy atom. The molecule has 1 aliphatic rings. The third kappa shape index (κ3) is 9.63. The SMILES string of the molecule is CCCNc1nc(Nc2ccc(C#N)cc2)ncc1C#C[C@H]1CC[C@H](NC(=O)[C@H](C)N(C)C(=O)/C=C/CN(C)C)C1. The number of aromatic nitrogens is 2. The molecule has 1 heterocycles. The molecule has 0 saturated heterocycles. The number of nitrogens with one attached hydrogen (secondary N) is 3. The maximum absolute atomic E-state index is 12.8. The topological polar surface area (TPSA) is 126 Å². The number of carbonyl (C=O) groups excluding carboxylic acids is 2. The zero-order valence-corrected chi connectivity index (χ0v) is 24.6. The van der Waals surface area contributed by atoms with Gasteiger partial charge in [-0.05, 0) is 71.0 Å². The number of anilines is 3. The Morgan fingerprint density at radius 3 is 2.63 bits per heavy atom. The molecule has 0 unspecified atom stereocenters. The zero-order chi connectivity index (χ0) is 29.8. The van der Waals surface area contributed by atoms with E-state index < -0.39 is 6.04 Å². The monoisotopic (exact) mass is 556 g/mol. The average molecular weight is 557 g/mol. The van der Waals surface area contributed by atoms with E-state index in [1.54, 1.807) is 38.4 Å². The number of likely N-dealkylation sites (N-methyl/N-ethyl adjacent to an activating group) is 2. The van der Waals surface area contributed by atoms with Gasteiger partial charge in [-0.15, -0.1) is 0 Å². The minimum absolute atomic E-state index is 0.0185. The second-order valence-electron chi connectivity index (χ2n) is 10.5. The van der Waals surface area contributed by atoms with E-state index in [0.717, 1.165) is 37.9 Å². The highest BCUT2D eigenvalue weighted by Crippen LogP contribution is 2.26. The molecule has 3 N–H and O–H groups in total. The van der Waals surface area contributed by atoms with Crippen LogP contribution >= 0.6 is 0 Å². The predicted octanol–water partition coefficient (Wildman–Crippen LogP) is 3.51. The number of nitrogens with zero attached hydrogens (tertiary/aromatic N) is 5. The summed E-state index contributed by atoms with van der Waals surface area (Å²) in [7, 11) is 5.50. The summed E-state index contributed by atoms with van der Waals surface area (Å²) < 4.78 is 0. The number of hydrogen-bond acceptors (Lipinski definition) is 8. The van der Waals surface area contributed by atoms with Gasteiger partial charge in [0.15, 0.2) is 0 Å². The van der Waals surface area contributed by atoms with Crippen molar-refractivity contribution < 1.29 is 9.59 Å². The van der Waals surface area contributed by atoms with Crippen LogP contribution in [0.25, 0.3) is 0 Å². The molecule has 41 heavy (non-hydrogen) atoms. The Hall–Kier alpha value is -4.41. The number of hydrogen-bond donors (Lipinski definition) is 3. The van der Waals surface area contributed by atoms with Crippen LogP contribution in [-0.4, -0.2) is 77.9 Å². The van der Waals surface area contributed by atoms with E-state index in [4.69, 9.17) is 5.26 Å². The van der Waals surface area contributed by atoms with E-state index in [1.807, 2.05) is 31.1 Å². The maximum atomic E-state index is 12.8. The number of carbonyl (C=O) groups is 2.